The molecule has 154 valence electrons. The quantitative estimate of drug-likeness (QED) is 0.486. The molecule has 1 N–H and O–H groups in total. The molecule has 0 bridgehead atoms. The number of nitrogens with zero attached hydrogens (tertiary/aromatic N) is 5. The van der Waals surface area contributed by atoms with E-state index in [-0.39, 0.29) is 18.3 Å². The zero-order valence-electron chi connectivity index (χ0n) is 16.4. The highest BCUT2D eigenvalue weighted by molar-refractivity contribution is 7.99. The Morgan fingerprint density at radius 1 is 1.14 bits per heavy atom. The minimum Gasteiger partial charge on any atom is -0.497 e. The first-order valence-electron chi connectivity index (χ1n) is 9.06. The number of anilines is 1. The summed E-state index contributed by atoms with van der Waals surface area (Å²) in [7, 11) is 1.62. The average molecular weight is 435 g/mol. The Bertz CT molecular complexity index is 941. The lowest BCUT2D eigenvalue weighted by Gasteiger charge is -2.09. The monoisotopic (exact) mass is 434 g/mol. The second-order valence-electron chi connectivity index (χ2n) is 5.80. The highest BCUT2D eigenvalue weighted by atomic mass is 32.2. The molecule has 0 fully saturated rings. The summed E-state index contributed by atoms with van der Waals surface area (Å²) in [6.45, 7) is 4.95. The van der Waals surface area contributed by atoms with Crippen LogP contribution in [0.25, 0.3) is 0 Å². The first-order valence-corrected chi connectivity index (χ1v) is 10.9. The van der Waals surface area contributed by atoms with E-state index in [2.05, 4.69) is 25.7 Å². The van der Waals surface area contributed by atoms with E-state index in [1.807, 2.05) is 42.7 Å². The van der Waals surface area contributed by atoms with Gasteiger partial charge >= 0.3 is 0 Å². The maximum Gasteiger partial charge on any atom is 0.236 e. The predicted molar refractivity (Wildman–Crippen MR) is 112 cm³/mol. The van der Waals surface area contributed by atoms with Crippen LogP contribution in [-0.4, -0.2) is 43.7 Å². The van der Waals surface area contributed by atoms with Gasteiger partial charge < -0.3 is 14.0 Å². The molecule has 1 amide bonds. The zero-order valence-corrected chi connectivity index (χ0v) is 18.0. The number of ether oxygens (including phenoxy) is 2. The van der Waals surface area contributed by atoms with Crippen molar-refractivity contribution < 1.29 is 14.3 Å². The molecule has 0 aliphatic heterocycles. The van der Waals surface area contributed by atoms with Gasteiger partial charge in [-0.1, -0.05) is 30.0 Å². The fourth-order valence-electron chi connectivity index (χ4n) is 2.40. The average Bonchev–Trinajstić information content (AvgIpc) is 3.37. The third kappa shape index (κ3) is 5.67. The van der Waals surface area contributed by atoms with Crippen LogP contribution >= 0.6 is 23.1 Å². The molecule has 0 spiro atoms. The topological polar surface area (TPSA) is 104 Å². The lowest BCUT2D eigenvalue weighted by Crippen LogP contribution is -2.14. The predicted octanol–water partition coefficient (Wildman–Crippen LogP) is 3.03. The Morgan fingerprint density at radius 2 is 1.90 bits per heavy atom. The largest absolute Gasteiger partial charge is 0.497 e. The molecule has 0 unspecified atom stereocenters. The van der Waals surface area contributed by atoms with Gasteiger partial charge in [-0.15, -0.1) is 20.4 Å². The Labute approximate surface area is 176 Å². The number of nitrogens with one attached hydrogen (secondary N) is 1. The molecule has 2 heterocycles. The van der Waals surface area contributed by atoms with Gasteiger partial charge in [0.1, 0.15) is 23.1 Å². The summed E-state index contributed by atoms with van der Waals surface area (Å²) in [5.74, 6) is 2.23. The lowest BCUT2D eigenvalue weighted by atomic mass is 10.3. The van der Waals surface area contributed by atoms with Crippen molar-refractivity contribution in [2.45, 2.75) is 38.6 Å². The van der Waals surface area contributed by atoms with Gasteiger partial charge in [0.25, 0.3) is 0 Å². The van der Waals surface area contributed by atoms with E-state index in [1.165, 1.54) is 23.1 Å². The number of methoxy groups -OCH3 is 1. The number of rotatable bonds is 10. The van der Waals surface area contributed by atoms with Crippen LogP contribution in [0.15, 0.2) is 29.4 Å². The van der Waals surface area contributed by atoms with E-state index >= 15 is 0 Å². The van der Waals surface area contributed by atoms with Crippen LogP contribution in [-0.2, 0) is 24.4 Å². The fraction of sp³-hybridized carbons (Fsp3) is 0.389. The highest BCUT2D eigenvalue weighted by Crippen LogP contribution is 2.21. The molecule has 0 aliphatic rings. The molecule has 0 atom stereocenters. The number of carbonyl (C=O) groups is 1. The van der Waals surface area contributed by atoms with Crippen molar-refractivity contribution in [1.82, 2.24) is 25.0 Å². The molecule has 0 saturated carbocycles. The molecule has 0 radical (unpaired) electrons. The molecule has 29 heavy (non-hydrogen) atoms. The molecular formula is C18H22N6O3S2. The number of aromatic nitrogens is 5. The minimum atomic E-state index is -0.157. The van der Waals surface area contributed by atoms with E-state index in [0.29, 0.717) is 28.4 Å². The maximum absolute atomic E-state index is 12.2. The summed E-state index contributed by atoms with van der Waals surface area (Å²) in [4.78, 5) is 12.2. The molecule has 3 rings (SSSR count). The van der Waals surface area contributed by atoms with Crippen LogP contribution in [0.4, 0.5) is 5.13 Å². The number of hydrogen-bond acceptors (Lipinski definition) is 9. The second-order valence-corrected chi connectivity index (χ2v) is 7.80. The van der Waals surface area contributed by atoms with E-state index in [0.717, 1.165) is 17.2 Å². The van der Waals surface area contributed by atoms with Crippen molar-refractivity contribution in [3.05, 3.63) is 35.1 Å². The lowest BCUT2D eigenvalue weighted by molar-refractivity contribution is -0.113. The molecular weight excluding hydrogens is 412 g/mol. The van der Waals surface area contributed by atoms with Crippen molar-refractivity contribution in [2.24, 2.45) is 0 Å². The molecule has 2 aromatic heterocycles. The summed E-state index contributed by atoms with van der Waals surface area (Å²) in [5, 5.41) is 21.2. The molecule has 9 nitrogen and oxygen atoms in total. The van der Waals surface area contributed by atoms with Gasteiger partial charge in [0.05, 0.1) is 12.9 Å². The molecule has 0 saturated heterocycles. The SMILES string of the molecule is CCc1nnc(NC(=O)CSc2nnc(COc3ccc(OC)cc3)n2CC)s1. The fourth-order valence-corrected chi connectivity index (χ4v) is 3.92. The first kappa shape index (κ1) is 21.1. The van der Waals surface area contributed by atoms with E-state index < -0.39 is 0 Å². The van der Waals surface area contributed by atoms with Crippen molar-refractivity contribution in [3.8, 4) is 11.5 Å². The molecule has 3 aromatic rings. The highest BCUT2D eigenvalue weighted by Gasteiger charge is 2.15. The summed E-state index contributed by atoms with van der Waals surface area (Å²) in [6.07, 6.45) is 0.795. The number of aryl methyl sites for hydroxylation is 1. The van der Waals surface area contributed by atoms with Gasteiger partial charge in [-0.05, 0) is 37.6 Å². The van der Waals surface area contributed by atoms with Crippen LogP contribution in [0.2, 0.25) is 0 Å². The summed E-state index contributed by atoms with van der Waals surface area (Å²) >= 11 is 2.70. The van der Waals surface area contributed by atoms with E-state index in [9.17, 15) is 4.79 Å². The number of benzene rings is 1. The van der Waals surface area contributed by atoms with Crippen molar-refractivity contribution in [1.29, 1.82) is 0 Å². The number of carbonyl (C=O) groups excluding carboxylic acids is 1. The smallest absolute Gasteiger partial charge is 0.236 e. The van der Waals surface area contributed by atoms with E-state index in [1.54, 1.807) is 7.11 Å². The first-order chi connectivity index (χ1) is 14.1. The van der Waals surface area contributed by atoms with Gasteiger partial charge in [-0.3, -0.25) is 10.1 Å². The summed E-state index contributed by atoms with van der Waals surface area (Å²) < 4.78 is 12.9. The summed E-state index contributed by atoms with van der Waals surface area (Å²) in [6, 6.07) is 7.34. The molecule has 11 heteroatoms. The van der Waals surface area contributed by atoms with Gasteiger partial charge in [0, 0.05) is 6.54 Å². The standard InChI is InChI=1S/C18H22N6O3S2/c1-4-16-21-22-17(29-16)19-15(25)11-28-18-23-20-14(24(18)5-2)10-27-13-8-6-12(26-3)7-9-13/h6-9H,4-5,10-11H2,1-3H3,(H,19,22,25). The van der Waals surface area contributed by atoms with Gasteiger partial charge in [0.15, 0.2) is 11.0 Å². The maximum atomic E-state index is 12.2. The Kier molecular flexibility index (Phi) is 7.42. The molecule has 0 aliphatic carbocycles. The number of amides is 1. The van der Waals surface area contributed by atoms with Gasteiger partial charge in [-0.25, -0.2) is 0 Å². The van der Waals surface area contributed by atoms with Gasteiger partial charge in [0.2, 0.25) is 11.0 Å². The Balaban J connectivity index is 1.54. The normalized spacial score (nSPS) is 10.7. The van der Waals surface area contributed by atoms with Crippen molar-refractivity contribution in [3.63, 3.8) is 0 Å². The minimum absolute atomic E-state index is 0.157. The number of hydrogen-bond donors (Lipinski definition) is 1. The van der Waals surface area contributed by atoms with Crippen LogP contribution in [0, 0.1) is 0 Å². The summed E-state index contributed by atoms with van der Waals surface area (Å²) in [5.41, 5.74) is 0. The van der Waals surface area contributed by atoms with Crippen molar-refractivity contribution >= 4 is 34.1 Å². The Morgan fingerprint density at radius 3 is 2.55 bits per heavy atom. The van der Waals surface area contributed by atoms with Crippen molar-refractivity contribution in [2.75, 3.05) is 18.2 Å². The third-order valence-electron chi connectivity index (χ3n) is 3.89. The second kappa shape index (κ2) is 10.2. The van der Waals surface area contributed by atoms with Crippen LogP contribution in [0.5, 0.6) is 11.5 Å². The molecule has 1 aromatic carbocycles. The van der Waals surface area contributed by atoms with E-state index in [4.69, 9.17) is 9.47 Å². The zero-order chi connectivity index (χ0) is 20.6. The van der Waals surface area contributed by atoms with Crippen LogP contribution in [0.3, 0.4) is 0 Å². The van der Waals surface area contributed by atoms with Crippen LogP contribution < -0.4 is 14.8 Å². The van der Waals surface area contributed by atoms with Crippen LogP contribution in [0.1, 0.15) is 24.7 Å². The number of thioether (sulfide) groups is 1. The van der Waals surface area contributed by atoms with Gasteiger partial charge in [-0.2, -0.15) is 0 Å². The Hall–Kier alpha value is -2.66. The third-order valence-corrected chi connectivity index (χ3v) is 5.83.